The van der Waals surface area contributed by atoms with E-state index in [4.69, 9.17) is 9.47 Å². The number of carbonyl (C=O) groups is 2. The molecule has 0 spiro atoms. The van der Waals surface area contributed by atoms with E-state index in [1.807, 2.05) is 19.1 Å². The summed E-state index contributed by atoms with van der Waals surface area (Å²) in [5.41, 5.74) is 1.21. The molecule has 0 atom stereocenters. The lowest BCUT2D eigenvalue weighted by Crippen LogP contribution is -2.20. The minimum absolute atomic E-state index is 0.106. The zero-order chi connectivity index (χ0) is 20.5. The Kier molecular flexibility index (Phi) is 7.27. The lowest BCUT2D eigenvalue weighted by molar-refractivity contribution is -0.385. The molecule has 0 aliphatic rings. The van der Waals surface area contributed by atoms with Gasteiger partial charge in [-0.2, -0.15) is 0 Å². The van der Waals surface area contributed by atoms with Crippen LogP contribution in [-0.4, -0.2) is 30.0 Å². The molecule has 0 saturated carbocycles. The van der Waals surface area contributed by atoms with Crippen LogP contribution in [0, 0.1) is 17.0 Å². The number of benzene rings is 2. The zero-order valence-corrected chi connectivity index (χ0v) is 15.5. The van der Waals surface area contributed by atoms with Crippen molar-refractivity contribution in [2.24, 2.45) is 0 Å². The number of carbonyl (C=O) groups excluding carboxylic acids is 2. The second kappa shape index (κ2) is 9.86. The highest BCUT2D eigenvalue weighted by Gasteiger charge is 2.15. The first-order chi connectivity index (χ1) is 13.4. The molecule has 1 amide bonds. The number of nitrogens with zero attached hydrogens (tertiary/aromatic N) is 1. The Morgan fingerprint density at radius 3 is 2.64 bits per heavy atom. The van der Waals surface area contributed by atoms with Crippen LogP contribution >= 0.6 is 0 Å². The maximum Gasteiger partial charge on any atom is 0.331 e. The van der Waals surface area contributed by atoms with Gasteiger partial charge < -0.3 is 14.8 Å². The van der Waals surface area contributed by atoms with Crippen molar-refractivity contribution in [3.63, 3.8) is 0 Å². The first kappa shape index (κ1) is 20.6. The van der Waals surface area contributed by atoms with Crippen molar-refractivity contribution in [3.05, 3.63) is 69.8 Å². The molecule has 8 heteroatoms. The lowest BCUT2D eigenvalue weighted by Gasteiger charge is -2.08. The van der Waals surface area contributed by atoms with Crippen molar-refractivity contribution in [3.8, 4) is 5.75 Å². The minimum Gasteiger partial charge on any atom is -0.493 e. The quantitative estimate of drug-likeness (QED) is 0.323. The Labute approximate surface area is 161 Å². The summed E-state index contributed by atoms with van der Waals surface area (Å²) in [6.07, 6.45) is 2.74. The molecule has 8 nitrogen and oxygen atoms in total. The average Bonchev–Trinajstić information content (AvgIpc) is 2.67. The number of hydrogen-bond donors (Lipinski definition) is 1. The van der Waals surface area contributed by atoms with Gasteiger partial charge >= 0.3 is 5.97 Å². The zero-order valence-electron chi connectivity index (χ0n) is 15.5. The summed E-state index contributed by atoms with van der Waals surface area (Å²) in [5.74, 6) is -0.662. The van der Waals surface area contributed by atoms with Crippen LogP contribution in [0.1, 0.15) is 18.1 Å². The van der Waals surface area contributed by atoms with E-state index in [0.29, 0.717) is 23.5 Å². The van der Waals surface area contributed by atoms with Gasteiger partial charge in [-0.3, -0.25) is 14.9 Å². The molecule has 0 fully saturated rings. The molecule has 0 unspecified atom stereocenters. The van der Waals surface area contributed by atoms with E-state index in [2.05, 4.69) is 5.32 Å². The molecule has 2 rings (SSSR count). The molecule has 0 heterocycles. The first-order valence-electron chi connectivity index (χ1n) is 8.53. The number of anilines is 1. The summed E-state index contributed by atoms with van der Waals surface area (Å²) in [6, 6.07) is 11.5. The van der Waals surface area contributed by atoms with Crippen LogP contribution in [0.3, 0.4) is 0 Å². The second-order valence-electron chi connectivity index (χ2n) is 5.67. The number of ether oxygens (including phenoxy) is 2. The normalized spacial score (nSPS) is 10.5. The third kappa shape index (κ3) is 5.66. The van der Waals surface area contributed by atoms with E-state index in [0.717, 1.165) is 0 Å². The number of rotatable bonds is 8. The molecular weight excluding hydrogens is 364 g/mol. The van der Waals surface area contributed by atoms with Crippen LogP contribution < -0.4 is 10.1 Å². The van der Waals surface area contributed by atoms with E-state index in [-0.39, 0.29) is 11.4 Å². The van der Waals surface area contributed by atoms with E-state index in [9.17, 15) is 19.7 Å². The van der Waals surface area contributed by atoms with Gasteiger partial charge in [0.25, 0.3) is 11.6 Å². The maximum absolute atomic E-state index is 12.0. The third-order valence-electron chi connectivity index (χ3n) is 3.74. The number of esters is 1. The SMILES string of the molecule is CCOc1ccccc1/C=C/C(=O)OCC(=O)Nc1cccc([N+](=O)[O-])c1C. The standard InChI is InChI=1S/C20H20N2O6/c1-3-27-18-10-5-4-7-15(18)11-12-20(24)28-13-19(23)21-16-8-6-9-17(14(16)2)22(25)26/h4-12H,3,13H2,1-2H3,(H,21,23)/b12-11+. The summed E-state index contributed by atoms with van der Waals surface area (Å²) < 4.78 is 10.4. The maximum atomic E-state index is 12.0. The molecule has 2 aromatic rings. The van der Waals surface area contributed by atoms with Crippen LogP contribution in [0.5, 0.6) is 5.75 Å². The number of hydrogen-bond acceptors (Lipinski definition) is 6. The number of nitrogens with one attached hydrogen (secondary N) is 1. The second-order valence-corrected chi connectivity index (χ2v) is 5.67. The highest BCUT2D eigenvalue weighted by Crippen LogP contribution is 2.25. The summed E-state index contributed by atoms with van der Waals surface area (Å²) >= 11 is 0. The van der Waals surface area contributed by atoms with Crippen molar-refractivity contribution < 1.29 is 24.0 Å². The van der Waals surface area contributed by atoms with Crippen LogP contribution in [-0.2, 0) is 14.3 Å². The van der Waals surface area contributed by atoms with E-state index >= 15 is 0 Å². The van der Waals surface area contributed by atoms with Crippen LogP contribution in [0.2, 0.25) is 0 Å². The summed E-state index contributed by atoms with van der Waals surface area (Å²) in [5, 5.41) is 13.4. The van der Waals surface area contributed by atoms with Crippen molar-refractivity contribution >= 4 is 29.3 Å². The largest absolute Gasteiger partial charge is 0.493 e. The Morgan fingerprint density at radius 2 is 1.93 bits per heavy atom. The highest BCUT2D eigenvalue weighted by atomic mass is 16.6. The fraction of sp³-hybridized carbons (Fsp3) is 0.200. The van der Waals surface area contributed by atoms with Gasteiger partial charge in [0.1, 0.15) is 5.75 Å². The number of para-hydroxylation sites is 1. The van der Waals surface area contributed by atoms with Gasteiger partial charge in [0.05, 0.1) is 22.8 Å². The summed E-state index contributed by atoms with van der Waals surface area (Å²) in [4.78, 5) is 34.2. The van der Waals surface area contributed by atoms with Crippen molar-refractivity contribution in [2.75, 3.05) is 18.5 Å². The Bertz CT molecular complexity index is 907. The number of nitro groups is 1. The van der Waals surface area contributed by atoms with E-state index in [1.54, 1.807) is 12.1 Å². The number of amides is 1. The molecule has 0 bridgehead atoms. The monoisotopic (exact) mass is 384 g/mol. The molecule has 0 saturated heterocycles. The minimum atomic E-state index is -0.697. The molecule has 0 radical (unpaired) electrons. The van der Waals surface area contributed by atoms with Crippen LogP contribution in [0.15, 0.2) is 48.5 Å². The van der Waals surface area contributed by atoms with Crippen LogP contribution in [0.25, 0.3) is 6.08 Å². The van der Waals surface area contributed by atoms with Gasteiger partial charge in [-0.1, -0.05) is 24.3 Å². The van der Waals surface area contributed by atoms with E-state index < -0.39 is 23.4 Å². The van der Waals surface area contributed by atoms with Gasteiger partial charge in [-0.05, 0) is 32.1 Å². The van der Waals surface area contributed by atoms with Gasteiger partial charge in [0.2, 0.25) is 0 Å². The smallest absolute Gasteiger partial charge is 0.331 e. The lowest BCUT2D eigenvalue weighted by atomic mass is 10.1. The van der Waals surface area contributed by atoms with Gasteiger partial charge in [-0.15, -0.1) is 0 Å². The molecule has 0 aliphatic carbocycles. The first-order valence-corrected chi connectivity index (χ1v) is 8.53. The predicted octanol–water partition coefficient (Wildman–Crippen LogP) is 3.50. The molecule has 2 aromatic carbocycles. The molecule has 0 aliphatic heterocycles. The fourth-order valence-electron chi connectivity index (χ4n) is 2.39. The molecule has 1 N–H and O–H groups in total. The van der Waals surface area contributed by atoms with Crippen molar-refractivity contribution in [1.29, 1.82) is 0 Å². The van der Waals surface area contributed by atoms with Gasteiger partial charge in [0, 0.05) is 17.7 Å². The fourth-order valence-corrected chi connectivity index (χ4v) is 2.39. The molecule has 146 valence electrons. The third-order valence-corrected chi connectivity index (χ3v) is 3.74. The Hall–Kier alpha value is -3.68. The molecular formula is C20H20N2O6. The van der Waals surface area contributed by atoms with Crippen molar-refractivity contribution in [1.82, 2.24) is 0 Å². The Balaban J connectivity index is 1.92. The Morgan fingerprint density at radius 1 is 1.18 bits per heavy atom. The average molecular weight is 384 g/mol. The molecule has 0 aromatic heterocycles. The molecule has 28 heavy (non-hydrogen) atoms. The topological polar surface area (TPSA) is 108 Å². The van der Waals surface area contributed by atoms with E-state index in [1.165, 1.54) is 37.3 Å². The van der Waals surface area contributed by atoms with Gasteiger partial charge in [-0.25, -0.2) is 4.79 Å². The summed E-state index contributed by atoms with van der Waals surface area (Å²) in [7, 11) is 0. The number of nitro benzene ring substituents is 1. The van der Waals surface area contributed by atoms with Crippen molar-refractivity contribution in [2.45, 2.75) is 13.8 Å². The summed E-state index contributed by atoms with van der Waals surface area (Å²) in [6.45, 7) is 3.36. The highest BCUT2D eigenvalue weighted by molar-refractivity contribution is 5.95. The van der Waals surface area contributed by atoms with Crippen LogP contribution in [0.4, 0.5) is 11.4 Å². The predicted molar refractivity (Wildman–Crippen MR) is 104 cm³/mol. The van der Waals surface area contributed by atoms with Gasteiger partial charge in [0.15, 0.2) is 6.61 Å².